The highest BCUT2D eigenvalue weighted by atomic mass is 19.1. The van der Waals surface area contributed by atoms with Crippen LogP contribution in [-0.2, 0) is 16.1 Å². The number of carbonyl (C=O) groups excluding carboxylic acids is 1. The molecule has 7 heteroatoms. The Bertz CT molecular complexity index is 686. The van der Waals surface area contributed by atoms with Crippen LogP contribution in [0.25, 0.3) is 0 Å². The van der Waals surface area contributed by atoms with Crippen molar-refractivity contribution >= 4 is 5.91 Å². The summed E-state index contributed by atoms with van der Waals surface area (Å²) < 4.78 is 23.7. The molecule has 0 bridgehead atoms. The second kappa shape index (κ2) is 8.53. The molecule has 1 amide bonds. The number of ether oxygens (including phenoxy) is 2. The highest BCUT2D eigenvalue weighted by Gasteiger charge is 2.18. The van der Waals surface area contributed by atoms with Crippen LogP contribution in [0.1, 0.15) is 36.8 Å². The third-order valence-corrected chi connectivity index (χ3v) is 3.87. The molecule has 6 nitrogen and oxygen atoms in total. The van der Waals surface area contributed by atoms with Crippen molar-refractivity contribution in [2.45, 2.75) is 31.9 Å². The molecule has 1 N–H and O–H groups in total. The predicted molar refractivity (Wildman–Crippen MR) is 88.3 cm³/mol. The molecule has 1 aromatic heterocycles. The molecule has 0 saturated carbocycles. The van der Waals surface area contributed by atoms with Crippen molar-refractivity contribution in [2.24, 2.45) is 0 Å². The lowest BCUT2D eigenvalue weighted by molar-refractivity contribution is -0.123. The fraction of sp³-hybridized carbons (Fsp3) is 0.389. The van der Waals surface area contributed by atoms with Gasteiger partial charge in [-0.2, -0.15) is 0 Å². The average molecular weight is 345 g/mol. The number of hydrogen-bond donors (Lipinski definition) is 1. The summed E-state index contributed by atoms with van der Waals surface area (Å²) in [6.07, 6.45) is 6.52. The van der Waals surface area contributed by atoms with Gasteiger partial charge in [-0.05, 0) is 43.5 Å². The maximum atomic E-state index is 12.8. The van der Waals surface area contributed by atoms with E-state index in [1.165, 1.54) is 24.3 Å². The minimum atomic E-state index is -0.348. The fourth-order valence-corrected chi connectivity index (χ4v) is 2.50. The van der Waals surface area contributed by atoms with Crippen LogP contribution in [0.5, 0.6) is 5.75 Å². The SMILES string of the molecule is O=C(COc1ccc(F)cc1)NCc1cnc([C@@H]2CCCCO2)nc1. The smallest absolute Gasteiger partial charge is 0.258 e. The first kappa shape index (κ1) is 17.3. The molecule has 2 aromatic rings. The van der Waals surface area contributed by atoms with Crippen LogP contribution >= 0.6 is 0 Å². The third kappa shape index (κ3) is 5.22. The molecule has 132 valence electrons. The number of aromatic nitrogens is 2. The fourth-order valence-electron chi connectivity index (χ4n) is 2.50. The zero-order valence-corrected chi connectivity index (χ0v) is 13.8. The Morgan fingerprint density at radius 2 is 2.00 bits per heavy atom. The third-order valence-electron chi connectivity index (χ3n) is 3.87. The van der Waals surface area contributed by atoms with E-state index in [2.05, 4.69) is 15.3 Å². The first-order valence-corrected chi connectivity index (χ1v) is 8.28. The van der Waals surface area contributed by atoms with E-state index in [9.17, 15) is 9.18 Å². The van der Waals surface area contributed by atoms with Gasteiger partial charge in [0.2, 0.25) is 0 Å². The average Bonchev–Trinajstić information content (AvgIpc) is 2.67. The molecule has 1 aliphatic rings. The normalized spacial score (nSPS) is 17.1. The number of nitrogens with one attached hydrogen (secondary N) is 1. The molecule has 1 saturated heterocycles. The Kier molecular flexibility index (Phi) is 5.90. The topological polar surface area (TPSA) is 73.3 Å². The molecule has 3 rings (SSSR count). The van der Waals surface area contributed by atoms with E-state index in [4.69, 9.17) is 9.47 Å². The molecular formula is C18H20FN3O3. The molecule has 0 unspecified atom stereocenters. The Hall–Kier alpha value is -2.54. The lowest BCUT2D eigenvalue weighted by Gasteiger charge is -2.21. The van der Waals surface area contributed by atoms with E-state index in [1.807, 2.05) is 0 Å². The summed E-state index contributed by atoms with van der Waals surface area (Å²) in [6, 6.07) is 5.51. The summed E-state index contributed by atoms with van der Waals surface area (Å²) in [6.45, 7) is 0.928. The number of carbonyl (C=O) groups is 1. The second-order valence-corrected chi connectivity index (χ2v) is 5.82. The number of nitrogens with zero attached hydrogens (tertiary/aromatic N) is 2. The van der Waals surface area contributed by atoms with Crippen LogP contribution in [0.4, 0.5) is 4.39 Å². The largest absolute Gasteiger partial charge is 0.484 e. The highest BCUT2D eigenvalue weighted by Crippen LogP contribution is 2.24. The van der Waals surface area contributed by atoms with Gasteiger partial charge in [0, 0.05) is 31.1 Å². The zero-order valence-electron chi connectivity index (χ0n) is 13.8. The number of benzene rings is 1. The summed E-state index contributed by atoms with van der Waals surface area (Å²) in [5.41, 5.74) is 0.801. The maximum absolute atomic E-state index is 12.8. The molecule has 25 heavy (non-hydrogen) atoms. The van der Waals surface area contributed by atoms with Gasteiger partial charge in [0.15, 0.2) is 12.4 Å². The van der Waals surface area contributed by atoms with Crippen molar-refractivity contribution in [3.05, 3.63) is 53.9 Å². The number of hydrogen-bond acceptors (Lipinski definition) is 5. The van der Waals surface area contributed by atoms with Gasteiger partial charge in [0.25, 0.3) is 5.91 Å². The predicted octanol–water partition coefficient (Wildman–Crippen LogP) is 2.55. The van der Waals surface area contributed by atoms with Crippen LogP contribution in [0, 0.1) is 5.82 Å². The summed E-state index contributed by atoms with van der Waals surface area (Å²) in [4.78, 5) is 20.5. The van der Waals surface area contributed by atoms with Gasteiger partial charge >= 0.3 is 0 Å². The van der Waals surface area contributed by atoms with E-state index in [0.717, 1.165) is 31.4 Å². The van der Waals surface area contributed by atoms with E-state index < -0.39 is 0 Å². The van der Waals surface area contributed by atoms with Crippen LogP contribution in [-0.4, -0.2) is 29.1 Å². The molecule has 1 aliphatic heterocycles. The van der Waals surface area contributed by atoms with Gasteiger partial charge in [0.05, 0.1) is 0 Å². The molecule has 0 radical (unpaired) electrons. The standard InChI is InChI=1S/C18H20FN3O3/c19-14-4-6-15(7-5-14)25-12-17(23)20-9-13-10-21-18(22-11-13)16-3-1-2-8-24-16/h4-7,10-11,16H,1-3,8-9,12H2,(H,20,23)/t16-/m0/s1. The van der Waals surface area contributed by atoms with Crippen molar-refractivity contribution in [3.8, 4) is 5.75 Å². The monoisotopic (exact) mass is 345 g/mol. The molecule has 0 aliphatic carbocycles. The van der Waals surface area contributed by atoms with Gasteiger partial charge in [-0.3, -0.25) is 4.79 Å². The van der Waals surface area contributed by atoms with Crippen molar-refractivity contribution in [2.75, 3.05) is 13.2 Å². The van der Waals surface area contributed by atoms with Crippen molar-refractivity contribution in [1.82, 2.24) is 15.3 Å². The van der Waals surface area contributed by atoms with Gasteiger partial charge in [-0.15, -0.1) is 0 Å². The first-order valence-electron chi connectivity index (χ1n) is 8.28. The summed E-state index contributed by atoms with van der Waals surface area (Å²) in [7, 11) is 0. The number of rotatable bonds is 6. The highest BCUT2D eigenvalue weighted by molar-refractivity contribution is 5.77. The summed E-state index contributed by atoms with van der Waals surface area (Å²) in [5.74, 6) is 0.508. The van der Waals surface area contributed by atoms with Crippen LogP contribution in [0.15, 0.2) is 36.7 Å². The minimum Gasteiger partial charge on any atom is -0.484 e. The molecule has 1 atom stereocenters. The molecule has 1 aromatic carbocycles. The van der Waals surface area contributed by atoms with E-state index in [-0.39, 0.29) is 24.4 Å². The number of amides is 1. The van der Waals surface area contributed by atoms with Crippen LogP contribution in [0.3, 0.4) is 0 Å². The molecule has 1 fully saturated rings. The summed E-state index contributed by atoms with van der Waals surface area (Å²) >= 11 is 0. The zero-order chi connectivity index (χ0) is 17.5. The Morgan fingerprint density at radius 1 is 1.24 bits per heavy atom. The second-order valence-electron chi connectivity index (χ2n) is 5.82. The minimum absolute atomic E-state index is 0.0264. The molecule has 2 heterocycles. The quantitative estimate of drug-likeness (QED) is 0.871. The van der Waals surface area contributed by atoms with Crippen molar-refractivity contribution in [1.29, 1.82) is 0 Å². The van der Waals surface area contributed by atoms with Gasteiger partial charge < -0.3 is 14.8 Å². The Morgan fingerprint density at radius 3 is 2.68 bits per heavy atom. The molecule has 0 spiro atoms. The van der Waals surface area contributed by atoms with Gasteiger partial charge in [-0.25, -0.2) is 14.4 Å². The van der Waals surface area contributed by atoms with Crippen molar-refractivity contribution < 1.29 is 18.7 Å². The lowest BCUT2D eigenvalue weighted by atomic mass is 10.1. The summed E-state index contributed by atoms with van der Waals surface area (Å²) in [5, 5.41) is 2.73. The van der Waals surface area contributed by atoms with E-state index in [0.29, 0.717) is 18.1 Å². The lowest BCUT2D eigenvalue weighted by Crippen LogP contribution is -2.28. The van der Waals surface area contributed by atoms with Crippen LogP contribution in [0.2, 0.25) is 0 Å². The van der Waals surface area contributed by atoms with Crippen LogP contribution < -0.4 is 10.1 Å². The molecular weight excluding hydrogens is 325 g/mol. The van der Waals surface area contributed by atoms with Gasteiger partial charge in [0.1, 0.15) is 17.7 Å². The maximum Gasteiger partial charge on any atom is 0.258 e. The van der Waals surface area contributed by atoms with E-state index in [1.54, 1.807) is 12.4 Å². The van der Waals surface area contributed by atoms with Crippen molar-refractivity contribution in [3.63, 3.8) is 0 Å². The Balaban J connectivity index is 1.43. The number of halogens is 1. The first-order chi connectivity index (χ1) is 12.2. The Labute approximate surface area is 145 Å². The van der Waals surface area contributed by atoms with E-state index >= 15 is 0 Å². The van der Waals surface area contributed by atoms with Gasteiger partial charge in [-0.1, -0.05) is 0 Å².